The van der Waals surface area contributed by atoms with Crippen molar-refractivity contribution in [2.75, 3.05) is 36.1 Å². The van der Waals surface area contributed by atoms with E-state index in [0.29, 0.717) is 35.2 Å². The first-order valence-corrected chi connectivity index (χ1v) is 12.5. The molecule has 0 unspecified atom stereocenters. The van der Waals surface area contributed by atoms with Crippen LogP contribution in [0.2, 0.25) is 5.02 Å². The summed E-state index contributed by atoms with van der Waals surface area (Å²) in [6.45, 7) is 2.20. The summed E-state index contributed by atoms with van der Waals surface area (Å²) >= 11 is 6.37. The monoisotopic (exact) mass is 492 g/mol. The average molecular weight is 493 g/mol. The number of ether oxygens (including phenoxy) is 1. The maximum absolute atomic E-state index is 15.1. The van der Waals surface area contributed by atoms with Crippen molar-refractivity contribution in [1.82, 2.24) is 15.0 Å². The average Bonchev–Trinajstić information content (AvgIpc) is 2.78. The molecule has 174 valence electrons. The highest BCUT2D eigenvalue weighted by atomic mass is 35.5. The lowest BCUT2D eigenvalue weighted by molar-refractivity contribution is 0.122. The summed E-state index contributed by atoms with van der Waals surface area (Å²) in [4.78, 5) is 15.0. The molecule has 0 amide bonds. The lowest BCUT2D eigenvalue weighted by atomic mass is 10.0. The highest BCUT2D eigenvalue weighted by Crippen LogP contribution is 2.36. The van der Waals surface area contributed by atoms with Gasteiger partial charge in [-0.3, -0.25) is 4.98 Å². The van der Waals surface area contributed by atoms with Crippen LogP contribution >= 0.6 is 11.6 Å². The fourth-order valence-corrected chi connectivity index (χ4v) is 4.83. The molecule has 0 radical (unpaired) electrons. The summed E-state index contributed by atoms with van der Waals surface area (Å²) in [5.74, 6) is 0.249. The second kappa shape index (κ2) is 9.58. The Morgan fingerprint density at radius 2 is 1.94 bits per heavy atom. The van der Waals surface area contributed by atoms with Crippen molar-refractivity contribution < 1.29 is 22.7 Å². The number of anilines is 1. The van der Waals surface area contributed by atoms with Gasteiger partial charge in [-0.25, -0.2) is 22.8 Å². The molecule has 4 rings (SSSR count). The Balaban J connectivity index is 1.76. The number of aromatic nitrogens is 3. The number of rotatable bonds is 6. The van der Waals surface area contributed by atoms with Crippen LogP contribution in [0, 0.1) is 5.82 Å². The number of hydrogen-bond donors (Lipinski definition) is 1. The van der Waals surface area contributed by atoms with Crippen LogP contribution < -0.4 is 9.64 Å². The molecule has 1 fully saturated rings. The van der Waals surface area contributed by atoms with E-state index >= 15 is 4.39 Å². The van der Waals surface area contributed by atoms with E-state index in [0.717, 1.165) is 0 Å². The van der Waals surface area contributed by atoms with Gasteiger partial charge in [0.15, 0.2) is 9.84 Å². The van der Waals surface area contributed by atoms with E-state index in [4.69, 9.17) is 21.3 Å². The molecule has 2 aromatic heterocycles. The zero-order chi connectivity index (χ0) is 23.6. The van der Waals surface area contributed by atoms with Crippen LogP contribution in [0.5, 0.6) is 5.75 Å². The summed E-state index contributed by atoms with van der Waals surface area (Å²) in [5.41, 5.74) is 1.35. The van der Waals surface area contributed by atoms with Crippen LogP contribution in [0.4, 0.5) is 10.2 Å². The van der Waals surface area contributed by atoms with Crippen LogP contribution in [0.1, 0.15) is 6.92 Å². The third kappa shape index (κ3) is 5.40. The number of aliphatic hydroxyl groups excluding tert-OH is 1. The van der Waals surface area contributed by atoms with Crippen molar-refractivity contribution in [2.24, 2.45) is 0 Å². The zero-order valence-electron chi connectivity index (χ0n) is 17.8. The predicted octanol–water partition coefficient (Wildman–Crippen LogP) is 2.99. The third-order valence-corrected chi connectivity index (χ3v) is 7.05. The number of pyridine rings is 1. The fourth-order valence-electron chi connectivity index (χ4n) is 3.42. The summed E-state index contributed by atoms with van der Waals surface area (Å²) in [6.07, 6.45) is 3.84. The molecule has 1 aromatic carbocycles. The molecule has 1 saturated heterocycles. The molecule has 1 aliphatic rings. The van der Waals surface area contributed by atoms with Gasteiger partial charge in [0, 0.05) is 42.7 Å². The molecule has 33 heavy (non-hydrogen) atoms. The number of hydrogen-bond acceptors (Lipinski definition) is 8. The van der Waals surface area contributed by atoms with Gasteiger partial charge >= 0.3 is 0 Å². The number of halogens is 2. The second-order valence-electron chi connectivity index (χ2n) is 7.72. The molecule has 3 heterocycles. The van der Waals surface area contributed by atoms with Crippen molar-refractivity contribution in [2.45, 2.75) is 13.0 Å². The van der Waals surface area contributed by atoms with Gasteiger partial charge in [0.2, 0.25) is 0 Å². The normalized spacial score (nSPS) is 16.4. The Kier molecular flexibility index (Phi) is 6.78. The van der Waals surface area contributed by atoms with Crippen molar-refractivity contribution in [3.63, 3.8) is 0 Å². The van der Waals surface area contributed by atoms with E-state index in [9.17, 15) is 13.5 Å². The minimum absolute atomic E-state index is 0.0321. The van der Waals surface area contributed by atoms with Gasteiger partial charge in [0.25, 0.3) is 0 Å². The minimum Gasteiger partial charge on any atom is -0.491 e. The Bertz CT molecular complexity index is 1260. The van der Waals surface area contributed by atoms with Crippen LogP contribution in [-0.4, -0.2) is 65.8 Å². The van der Waals surface area contributed by atoms with Crippen LogP contribution in [-0.2, 0) is 9.84 Å². The molecule has 0 aliphatic carbocycles. The highest BCUT2D eigenvalue weighted by molar-refractivity contribution is 7.91. The van der Waals surface area contributed by atoms with Crippen molar-refractivity contribution in [1.29, 1.82) is 0 Å². The number of nitrogens with zero attached hydrogens (tertiary/aromatic N) is 4. The first-order chi connectivity index (χ1) is 15.7. The van der Waals surface area contributed by atoms with Crippen molar-refractivity contribution in [3.05, 3.63) is 53.7 Å². The van der Waals surface area contributed by atoms with Crippen LogP contribution in [0.25, 0.3) is 22.5 Å². The first-order valence-electron chi connectivity index (χ1n) is 10.3. The molecule has 0 spiro atoms. The van der Waals surface area contributed by atoms with Gasteiger partial charge in [0.1, 0.15) is 29.7 Å². The minimum atomic E-state index is -3.06. The molecule has 1 atom stereocenters. The standard InChI is InChI=1S/C22H22ClFN4O4S/c1-14(29)13-32-15-2-3-17(19(24)10-15)21-22(16-4-5-25-11-18(16)23)27-20(12-26-21)28-6-8-33(30,31)9-7-28/h2-5,10-12,14,29H,6-9,13H2,1H3/t14-/m1/s1. The van der Waals surface area contributed by atoms with E-state index in [-0.39, 0.29) is 35.1 Å². The number of aliphatic hydroxyl groups is 1. The molecule has 0 bridgehead atoms. The Morgan fingerprint density at radius 3 is 2.61 bits per heavy atom. The van der Waals surface area contributed by atoms with Crippen molar-refractivity contribution in [3.8, 4) is 28.3 Å². The lowest BCUT2D eigenvalue weighted by Gasteiger charge is -2.28. The topological polar surface area (TPSA) is 106 Å². The molecular formula is C22H22ClFN4O4S. The van der Waals surface area contributed by atoms with E-state index in [1.165, 1.54) is 24.5 Å². The number of benzene rings is 1. The molecule has 0 saturated carbocycles. The highest BCUT2D eigenvalue weighted by Gasteiger charge is 2.25. The number of sulfone groups is 1. The van der Waals surface area contributed by atoms with Crippen LogP contribution in [0.3, 0.4) is 0 Å². The lowest BCUT2D eigenvalue weighted by Crippen LogP contribution is -2.40. The van der Waals surface area contributed by atoms with Gasteiger partial charge in [-0.15, -0.1) is 0 Å². The second-order valence-corrected chi connectivity index (χ2v) is 10.4. The van der Waals surface area contributed by atoms with E-state index in [1.807, 2.05) is 4.90 Å². The predicted molar refractivity (Wildman–Crippen MR) is 124 cm³/mol. The molecule has 3 aromatic rings. The quantitative estimate of drug-likeness (QED) is 0.560. The van der Waals surface area contributed by atoms with Gasteiger partial charge in [-0.2, -0.15) is 0 Å². The Labute approximate surface area is 196 Å². The van der Waals surface area contributed by atoms with Crippen molar-refractivity contribution >= 4 is 27.3 Å². The first kappa shape index (κ1) is 23.3. The van der Waals surface area contributed by atoms with Gasteiger partial charge in [-0.1, -0.05) is 11.6 Å². The van der Waals surface area contributed by atoms with Gasteiger partial charge in [-0.05, 0) is 25.1 Å². The summed E-state index contributed by atoms with van der Waals surface area (Å²) in [7, 11) is -3.06. The zero-order valence-corrected chi connectivity index (χ0v) is 19.4. The maximum atomic E-state index is 15.1. The smallest absolute Gasteiger partial charge is 0.153 e. The summed E-state index contributed by atoms with van der Waals surface area (Å²) < 4.78 is 44.0. The van der Waals surface area contributed by atoms with E-state index in [2.05, 4.69) is 9.97 Å². The molecular weight excluding hydrogens is 471 g/mol. The van der Waals surface area contributed by atoms with E-state index < -0.39 is 21.8 Å². The Morgan fingerprint density at radius 1 is 1.18 bits per heavy atom. The molecule has 1 N–H and O–H groups in total. The molecule has 1 aliphatic heterocycles. The fraction of sp³-hybridized carbons (Fsp3) is 0.318. The molecule has 11 heteroatoms. The largest absolute Gasteiger partial charge is 0.491 e. The van der Waals surface area contributed by atoms with Gasteiger partial charge < -0.3 is 14.7 Å². The molecule has 8 nitrogen and oxygen atoms in total. The maximum Gasteiger partial charge on any atom is 0.153 e. The van der Waals surface area contributed by atoms with E-state index in [1.54, 1.807) is 25.3 Å². The Hall–Kier alpha value is -2.82. The van der Waals surface area contributed by atoms with Crippen LogP contribution in [0.15, 0.2) is 42.9 Å². The van der Waals surface area contributed by atoms with Gasteiger partial charge in [0.05, 0.1) is 34.5 Å². The summed E-state index contributed by atoms with van der Waals surface area (Å²) in [6, 6.07) is 6.01. The summed E-state index contributed by atoms with van der Waals surface area (Å²) in [5, 5.41) is 9.70. The third-order valence-electron chi connectivity index (χ3n) is 5.14. The SMILES string of the molecule is C[C@@H](O)COc1ccc(-c2ncc(N3CCS(=O)(=O)CC3)nc2-c2ccncc2Cl)c(F)c1.